The fraction of sp³-hybridized carbons (Fsp3) is 0.800. The van der Waals surface area contributed by atoms with Crippen LogP contribution in [0, 0.1) is 18.8 Å². The van der Waals surface area contributed by atoms with Crippen molar-refractivity contribution in [1.82, 2.24) is 18.6 Å². The van der Waals surface area contributed by atoms with Crippen molar-refractivity contribution in [1.29, 1.82) is 0 Å². The Morgan fingerprint density at radius 2 is 1.95 bits per heavy atom. The lowest BCUT2D eigenvalue weighted by Crippen LogP contribution is -2.48. The molecule has 2 atom stereocenters. The zero-order chi connectivity index (χ0) is 16.2. The van der Waals surface area contributed by atoms with Crippen molar-refractivity contribution in [2.75, 3.05) is 19.6 Å². The summed E-state index contributed by atoms with van der Waals surface area (Å²) in [5.74, 6) is 1.87. The van der Waals surface area contributed by atoms with E-state index in [-0.39, 0.29) is 0 Å². The van der Waals surface area contributed by atoms with E-state index in [1.807, 2.05) is 13.1 Å². The van der Waals surface area contributed by atoms with Gasteiger partial charge in [-0.15, -0.1) is 0 Å². The molecule has 0 radical (unpaired) electrons. The van der Waals surface area contributed by atoms with Gasteiger partial charge in [-0.1, -0.05) is 13.8 Å². The van der Waals surface area contributed by atoms with E-state index in [1.165, 1.54) is 0 Å². The Kier molecular flexibility index (Phi) is 6.00. The number of aromatic nitrogens is 2. The molecule has 1 aliphatic rings. The van der Waals surface area contributed by atoms with Crippen LogP contribution in [0.5, 0.6) is 0 Å². The lowest BCUT2D eigenvalue weighted by Gasteiger charge is -2.33. The Hall–Kier alpha value is -0.920. The van der Waals surface area contributed by atoms with E-state index in [9.17, 15) is 8.42 Å². The monoisotopic (exact) mass is 328 g/mol. The number of unbranched alkanes of at least 4 members (excludes halogenated alkanes) is 1. The van der Waals surface area contributed by atoms with Crippen LogP contribution in [0.1, 0.15) is 38.9 Å². The molecule has 2 heterocycles. The molecule has 1 aromatic rings. The van der Waals surface area contributed by atoms with Gasteiger partial charge in [0.1, 0.15) is 5.82 Å². The third-order valence-corrected chi connectivity index (χ3v) is 5.76. The molecule has 0 spiro atoms. The highest BCUT2D eigenvalue weighted by molar-refractivity contribution is 7.87. The van der Waals surface area contributed by atoms with Crippen LogP contribution < -0.4 is 4.72 Å². The fourth-order valence-corrected chi connectivity index (χ4v) is 4.63. The maximum atomic E-state index is 12.3. The first-order valence-corrected chi connectivity index (χ1v) is 9.55. The highest BCUT2D eigenvalue weighted by Gasteiger charge is 2.29. The Labute approximate surface area is 134 Å². The lowest BCUT2D eigenvalue weighted by atomic mass is 9.94. The summed E-state index contributed by atoms with van der Waals surface area (Å²) in [6.07, 6.45) is 6.62. The van der Waals surface area contributed by atoms with Crippen LogP contribution in [0.4, 0.5) is 0 Å². The van der Waals surface area contributed by atoms with Gasteiger partial charge in [0.2, 0.25) is 0 Å². The minimum absolute atomic E-state index is 0.435. The van der Waals surface area contributed by atoms with E-state index in [1.54, 1.807) is 10.5 Å². The van der Waals surface area contributed by atoms with Crippen LogP contribution in [0.25, 0.3) is 0 Å². The third kappa shape index (κ3) is 4.79. The number of aryl methyl sites for hydroxylation is 2. The van der Waals surface area contributed by atoms with Crippen molar-refractivity contribution >= 4 is 10.2 Å². The average molecular weight is 328 g/mol. The third-order valence-electron chi connectivity index (χ3n) is 4.21. The molecule has 0 bridgehead atoms. The molecular formula is C15H28N4O2S. The van der Waals surface area contributed by atoms with Gasteiger partial charge < -0.3 is 4.57 Å². The zero-order valence-electron chi connectivity index (χ0n) is 13.8. The molecular weight excluding hydrogens is 300 g/mol. The van der Waals surface area contributed by atoms with Gasteiger partial charge in [0, 0.05) is 38.6 Å². The number of hydrogen-bond donors (Lipinski definition) is 1. The van der Waals surface area contributed by atoms with Gasteiger partial charge in [-0.25, -0.2) is 9.71 Å². The second-order valence-corrected chi connectivity index (χ2v) is 8.29. The molecule has 0 unspecified atom stereocenters. The molecule has 6 nitrogen and oxygen atoms in total. The van der Waals surface area contributed by atoms with Crippen LogP contribution in [0.3, 0.4) is 0 Å². The summed E-state index contributed by atoms with van der Waals surface area (Å²) in [5, 5.41) is 0. The number of hydrogen-bond acceptors (Lipinski definition) is 3. The van der Waals surface area contributed by atoms with Crippen LogP contribution in [-0.2, 0) is 16.8 Å². The minimum atomic E-state index is -3.33. The Bertz CT molecular complexity index is 560. The standard InChI is InChI=1S/C15H28N4O2S/c1-13-10-14(2)12-19(11-13)22(20,21)17-6-4-5-8-18-9-7-16-15(18)3/h7,9,13-14,17H,4-6,8,10-12H2,1-3H3/t13-,14-/m1/s1. The molecule has 0 amide bonds. The number of nitrogens with zero attached hydrogens (tertiary/aromatic N) is 3. The fourth-order valence-electron chi connectivity index (χ4n) is 3.14. The molecule has 2 rings (SSSR count). The average Bonchev–Trinajstić information content (AvgIpc) is 2.83. The maximum Gasteiger partial charge on any atom is 0.279 e. The largest absolute Gasteiger partial charge is 0.335 e. The smallest absolute Gasteiger partial charge is 0.279 e. The van der Waals surface area contributed by atoms with E-state index in [0.29, 0.717) is 31.5 Å². The van der Waals surface area contributed by atoms with Crippen molar-refractivity contribution in [3.05, 3.63) is 18.2 Å². The topological polar surface area (TPSA) is 67.2 Å². The van der Waals surface area contributed by atoms with E-state index in [0.717, 1.165) is 31.6 Å². The van der Waals surface area contributed by atoms with E-state index >= 15 is 0 Å². The summed E-state index contributed by atoms with van der Waals surface area (Å²) in [6.45, 7) is 8.85. The molecule has 1 saturated heterocycles. The zero-order valence-corrected chi connectivity index (χ0v) is 14.6. The number of imidazole rings is 1. The van der Waals surface area contributed by atoms with E-state index in [4.69, 9.17) is 0 Å². The van der Waals surface area contributed by atoms with Gasteiger partial charge in [-0.3, -0.25) is 0 Å². The number of nitrogens with one attached hydrogen (secondary N) is 1. The summed E-state index contributed by atoms with van der Waals surface area (Å²) < 4.78 is 31.1. The van der Waals surface area contributed by atoms with Crippen molar-refractivity contribution in [2.24, 2.45) is 11.8 Å². The first-order chi connectivity index (χ1) is 10.4. The molecule has 1 aromatic heterocycles. The normalized spacial score (nSPS) is 23.8. The molecule has 0 aliphatic carbocycles. The SMILES string of the molecule is Cc1nccn1CCCCNS(=O)(=O)N1C[C@H](C)C[C@@H](C)C1. The van der Waals surface area contributed by atoms with Crippen LogP contribution >= 0.6 is 0 Å². The predicted molar refractivity (Wildman–Crippen MR) is 87.6 cm³/mol. The second-order valence-electron chi connectivity index (χ2n) is 6.54. The summed E-state index contributed by atoms with van der Waals surface area (Å²) >= 11 is 0. The van der Waals surface area contributed by atoms with Gasteiger partial charge >= 0.3 is 0 Å². The summed E-state index contributed by atoms with van der Waals surface area (Å²) in [5.41, 5.74) is 0. The van der Waals surface area contributed by atoms with Crippen LogP contribution in [-0.4, -0.2) is 41.9 Å². The van der Waals surface area contributed by atoms with Crippen molar-refractivity contribution in [2.45, 2.75) is 46.6 Å². The van der Waals surface area contributed by atoms with Gasteiger partial charge in [0.15, 0.2) is 0 Å². The Morgan fingerprint density at radius 1 is 1.27 bits per heavy atom. The van der Waals surface area contributed by atoms with Gasteiger partial charge in [0.25, 0.3) is 10.2 Å². The maximum absolute atomic E-state index is 12.3. The first-order valence-electron chi connectivity index (χ1n) is 8.11. The lowest BCUT2D eigenvalue weighted by molar-refractivity contribution is 0.220. The molecule has 0 aromatic carbocycles. The molecule has 126 valence electrons. The molecule has 1 aliphatic heterocycles. The first kappa shape index (κ1) is 17.4. The Morgan fingerprint density at radius 3 is 2.55 bits per heavy atom. The molecule has 22 heavy (non-hydrogen) atoms. The number of piperidine rings is 1. The van der Waals surface area contributed by atoms with Crippen LogP contribution in [0.15, 0.2) is 12.4 Å². The summed E-state index contributed by atoms with van der Waals surface area (Å²) in [6, 6.07) is 0. The van der Waals surface area contributed by atoms with Crippen molar-refractivity contribution < 1.29 is 8.42 Å². The number of rotatable bonds is 7. The van der Waals surface area contributed by atoms with Gasteiger partial charge in [-0.05, 0) is 38.0 Å². The summed E-state index contributed by atoms with van der Waals surface area (Å²) in [7, 11) is -3.33. The summed E-state index contributed by atoms with van der Waals surface area (Å²) in [4.78, 5) is 4.17. The highest BCUT2D eigenvalue weighted by Crippen LogP contribution is 2.22. The predicted octanol–water partition coefficient (Wildman–Crippen LogP) is 1.78. The second kappa shape index (κ2) is 7.57. The van der Waals surface area contributed by atoms with Gasteiger partial charge in [-0.2, -0.15) is 12.7 Å². The minimum Gasteiger partial charge on any atom is -0.335 e. The van der Waals surface area contributed by atoms with Gasteiger partial charge in [0.05, 0.1) is 0 Å². The van der Waals surface area contributed by atoms with E-state index in [2.05, 4.69) is 28.1 Å². The Balaban J connectivity index is 1.72. The van der Waals surface area contributed by atoms with Crippen LogP contribution in [0.2, 0.25) is 0 Å². The van der Waals surface area contributed by atoms with Crippen molar-refractivity contribution in [3.8, 4) is 0 Å². The van der Waals surface area contributed by atoms with Crippen molar-refractivity contribution in [3.63, 3.8) is 0 Å². The molecule has 1 N–H and O–H groups in total. The molecule has 1 fully saturated rings. The quantitative estimate of drug-likeness (QED) is 0.776. The molecule has 7 heteroatoms. The molecule has 0 saturated carbocycles. The highest BCUT2D eigenvalue weighted by atomic mass is 32.2. The van der Waals surface area contributed by atoms with E-state index < -0.39 is 10.2 Å².